The summed E-state index contributed by atoms with van der Waals surface area (Å²) < 4.78 is 0. The number of benzene rings is 1. The van der Waals surface area contributed by atoms with Crippen molar-refractivity contribution < 1.29 is 0 Å². The van der Waals surface area contributed by atoms with Crippen LogP contribution >= 0.6 is 0 Å². The van der Waals surface area contributed by atoms with E-state index in [9.17, 15) is 0 Å². The predicted molar refractivity (Wildman–Crippen MR) is 60.7 cm³/mol. The summed E-state index contributed by atoms with van der Waals surface area (Å²) in [5, 5.41) is 3.49. The van der Waals surface area contributed by atoms with E-state index in [1.165, 1.54) is 17.5 Å². The summed E-state index contributed by atoms with van der Waals surface area (Å²) in [6.07, 6.45) is 1.18. The van der Waals surface area contributed by atoms with Gasteiger partial charge < -0.3 is 5.32 Å². The molecule has 1 nitrogen and oxygen atoms in total. The highest BCUT2D eigenvalue weighted by atomic mass is 14.9. The first-order valence-electron chi connectivity index (χ1n) is 5.54. The second-order valence-corrected chi connectivity index (χ2v) is 4.54. The number of hydrogen-bond acceptors (Lipinski definition) is 1. The van der Waals surface area contributed by atoms with Gasteiger partial charge in [0.1, 0.15) is 0 Å². The lowest BCUT2D eigenvalue weighted by molar-refractivity contribution is 0.540. The van der Waals surface area contributed by atoms with Gasteiger partial charge >= 0.3 is 0 Å². The third-order valence-electron chi connectivity index (χ3n) is 3.15. The molecule has 1 aromatic carbocycles. The highest BCUT2D eigenvalue weighted by molar-refractivity contribution is 5.37. The molecule has 0 spiro atoms. The van der Waals surface area contributed by atoms with E-state index >= 15 is 0 Å². The van der Waals surface area contributed by atoms with Gasteiger partial charge in [0.15, 0.2) is 0 Å². The smallest absolute Gasteiger partial charge is 0.0294 e. The highest BCUT2D eigenvalue weighted by Gasteiger charge is 2.15. The topological polar surface area (TPSA) is 12.0 Å². The molecule has 2 rings (SSSR count). The van der Waals surface area contributed by atoms with E-state index in [2.05, 4.69) is 44.3 Å². The van der Waals surface area contributed by atoms with Gasteiger partial charge in [-0.25, -0.2) is 0 Å². The molecule has 0 amide bonds. The van der Waals surface area contributed by atoms with Crippen LogP contribution in [-0.4, -0.2) is 6.54 Å². The van der Waals surface area contributed by atoms with Crippen LogP contribution < -0.4 is 5.32 Å². The van der Waals surface area contributed by atoms with Crippen molar-refractivity contribution >= 4 is 0 Å². The molecule has 1 unspecified atom stereocenters. The Morgan fingerprint density at radius 2 is 2.14 bits per heavy atom. The fourth-order valence-corrected chi connectivity index (χ4v) is 2.16. The molecule has 0 fully saturated rings. The maximum atomic E-state index is 3.49. The van der Waals surface area contributed by atoms with E-state index in [-0.39, 0.29) is 0 Å². The normalized spacial score (nSPS) is 21.0. The summed E-state index contributed by atoms with van der Waals surface area (Å²) in [6, 6.07) is 7.48. The van der Waals surface area contributed by atoms with Crippen molar-refractivity contribution in [2.75, 3.05) is 6.54 Å². The van der Waals surface area contributed by atoms with Gasteiger partial charge in [0, 0.05) is 6.04 Å². The van der Waals surface area contributed by atoms with Crippen LogP contribution in [0.5, 0.6) is 0 Å². The number of hydrogen-bond donors (Lipinski definition) is 1. The van der Waals surface area contributed by atoms with Crippen molar-refractivity contribution in [1.82, 2.24) is 5.32 Å². The monoisotopic (exact) mass is 189 g/mol. The molecule has 1 heterocycles. The molecule has 1 aliphatic heterocycles. The zero-order valence-corrected chi connectivity index (χ0v) is 9.30. The van der Waals surface area contributed by atoms with Crippen LogP contribution in [0.1, 0.15) is 49.4 Å². The number of rotatable bonds is 1. The van der Waals surface area contributed by atoms with Gasteiger partial charge in [0.25, 0.3) is 0 Å². The van der Waals surface area contributed by atoms with Crippen molar-refractivity contribution in [3.8, 4) is 0 Å². The fraction of sp³-hybridized carbons (Fsp3) is 0.538. The van der Waals surface area contributed by atoms with Crippen LogP contribution in [-0.2, 0) is 6.42 Å². The van der Waals surface area contributed by atoms with E-state index in [0.29, 0.717) is 12.0 Å². The number of fused-ring (bicyclic) bond motifs is 1. The summed E-state index contributed by atoms with van der Waals surface area (Å²) >= 11 is 0. The summed E-state index contributed by atoms with van der Waals surface area (Å²) in [6.45, 7) is 7.88. The maximum absolute atomic E-state index is 3.49. The first-order valence-corrected chi connectivity index (χ1v) is 5.54. The van der Waals surface area contributed by atoms with Crippen LogP contribution in [0, 0.1) is 0 Å². The minimum atomic E-state index is 0.528. The molecule has 0 aromatic heterocycles. The molecule has 0 saturated carbocycles. The lowest BCUT2D eigenvalue weighted by Crippen LogP contribution is -2.27. The van der Waals surface area contributed by atoms with Crippen LogP contribution in [0.4, 0.5) is 0 Å². The maximum Gasteiger partial charge on any atom is 0.0294 e. The third-order valence-corrected chi connectivity index (χ3v) is 3.15. The molecule has 76 valence electrons. The molecule has 0 bridgehead atoms. The molecule has 1 atom stereocenters. The van der Waals surface area contributed by atoms with Crippen molar-refractivity contribution in [2.24, 2.45) is 0 Å². The Morgan fingerprint density at radius 3 is 2.86 bits per heavy atom. The molecular weight excluding hydrogens is 170 g/mol. The largest absolute Gasteiger partial charge is 0.310 e. The van der Waals surface area contributed by atoms with Gasteiger partial charge in [0.05, 0.1) is 0 Å². The van der Waals surface area contributed by atoms with Gasteiger partial charge in [0.2, 0.25) is 0 Å². The Kier molecular flexibility index (Phi) is 2.60. The lowest BCUT2D eigenvalue weighted by atomic mass is 9.91. The third kappa shape index (κ3) is 1.69. The molecule has 1 aliphatic rings. The quantitative estimate of drug-likeness (QED) is 0.716. The average Bonchev–Trinajstić information content (AvgIpc) is 2.17. The van der Waals surface area contributed by atoms with Gasteiger partial charge in [-0.05, 0) is 42.5 Å². The first-order chi connectivity index (χ1) is 6.68. The second-order valence-electron chi connectivity index (χ2n) is 4.54. The Labute approximate surface area is 86.5 Å². The van der Waals surface area contributed by atoms with Crippen LogP contribution in [0.25, 0.3) is 0 Å². The molecule has 1 N–H and O–H groups in total. The van der Waals surface area contributed by atoms with Crippen molar-refractivity contribution in [3.05, 3.63) is 34.9 Å². The highest BCUT2D eigenvalue weighted by Crippen LogP contribution is 2.26. The Hall–Kier alpha value is -0.820. The molecule has 0 radical (unpaired) electrons. The molecule has 14 heavy (non-hydrogen) atoms. The predicted octanol–water partition coefficient (Wildman–Crippen LogP) is 3.02. The molecule has 1 heteroatoms. The molecule has 0 aliphatic carbocycles. The van der Waals surface area contributed by atoms with Gasteiger partial charge in [-0.1, -0.05) is 32.0 Å². The fourth-order valence-electron chi connectivity index (χ4n) is 2.16. The standard InChI is InChI=1S/C13H19N/c1-9(2)11-4-5-13-10(3)14-7-6-12(13)8-11/h4-5,8-10,14H,6-7H2,1-3H3. The average molecular weight is 189 g/mol. The van der Waals surface area contributed by atoms with Gasteiger partial charge in [-0.15, -0.1) is 0 Å². The Balaban J connectivity index is 2.39. The molecule has 0 saturated heterocycles. The van der Waals surface area contributed by atoms with E-state index in [1.807, 2.05) is 0 Å². The molecular formula is C13H19N. The minimum absolute atomic E-state index is 0.528. The van der Waals surface area contributed by atoms with E-state index in [0.717, 1.165) is 6.54 Å². The van der Waals surface area contributed by atoms with Crippen molar-refractivity contribution in [2.45, 2.75) is 39.2 Å². The SMILES string of the molecule is CC(C)c1ccc2c(c1)CCNC2C. The van der Waals surface area contributed by atoms with Crippen LogP contribution in [0.3, 0.4) is 0 Å². The zero-order valence-electron chi connectivity index (χ0n) is 9.30. The second kappa shape index (κ2) is 3.74. The van der Waals surface area contributed by atoms with Crippen molar-refractivity contribution in [1.29, 1.82) is 0 Å². The van der Waals surface area contributed by atoms with Crippen LogP contribution in [0.15, 0.2) is 18.2 Å². The van der Waals surface area contributed by atoms with Gasteiger partial charge in [-0.3, -0.25) is 0 Å². The van der Waals surface area contributed by atoms with Gasteiger partial charge in [-0.2, -0.15) is 0 Å². The Bertz CT molecular complexity index is 328. The summed E-state index contributed by atoms with van der Waals surface area (Å²) in [7, 11) is 0. The Morgan fingerprint density at radius 1 is 1.36 bits per heavy atom. The summed E-state index contributed by atoms with van der Waals surface area (Å²) in [4.78, 5) is 0. The summed E-state index contributed by atoms with van der Waals surface area (Å²) in [5.41, 5.74) is 4.50. The van der Waals surface area contributed by atoms with Crippen LogP contribution in [0.2, 0.25) is 0 Å². The van der Waals surface area contributed by atoms with E-state index in [4.69, 9.17) is 0 Å². The van der Waals surface area contributed by atoms with E-state index in [1.54, 1.807) is 5.56 Å². The minimum Gasteiger partial charge on any atom is -0.310 e. The van der Waals surface area contributed by atoms with Crippen molar-refractivity contribution in [3.63, 3.8) is 0 Å². The zero-order chi connectivity index (χ0) is 10.1. The molecule has 1 aromatic rings. The number of nitrogens with one attached hydrogen (secondary N) is 1. The lowest BCUT2D eigenvalue weighted by Gasteiger charge is -2.24. The van der Waals surface area contributed by atoms with E-state index < -0.39 is 0 Å². The summed E-state index contributed by atoms with van der Waals surface area (Å²) in [5.74, 6) is 0.644. The first kappa shape index (κ1) is 9.72.